The highest BCUT2D eigenvalue weighted by molar-refractivity contribution is 5.79. The van der Waals surface area contributed by atoms with Gasteiger partial charge in [0.25, 0.3) is 0 Å². The Morgan fingerprint density at radius 2 is 1.84 bits per heavy atom. The predicted octanol–water partition coefficient (Wildman–Crippen LogP) is 1.81. The molecule has 0 unspecified atom stereocenters. The zero-order chi connectivity index (χ0) is 21.6. The molecule has 0 bridgehead atoms. The molecule has 31 heavy (non-hydrogen) atoms. The summed E-state index contributed by atoms with van der Waals surface area (Å²) in [4.78, 5) is 27.4. The predicted molar refractivity (Wildman–Crippen MR) is 115 cm³/mol. The fourth-order valence-corrected chi connectivity index (χ4v) is 5.06. The number of ether oxygens (including phenoxy) is 2. The van der Waals surface area contributed by atoms with E-state index in [9.17, 15) is 14.7 Å². The van der Waals surface area contributed by atoms with E-state index in [0.717, 1.165) is 24.8 Å². The highest BCUT2D eigenvalue weighted by atomic mass is 16.5. The van der Waals surface area contributed by atoms with Gasteiger partial charge in [0.05, 0.1) is 44.3 Å². The van der Waals surface area contributed by atoms with Crippen LogP contribution in [0.4, 0.5) is 0 Å². The third-order valence-electron chi connectivity index (χ3n) is 6.63. The van der Waals surface area contributed by atoms with Crippen LogP contribution in [0.1, 0.15) is 50.5 Å². The van der Waals surface area contributed by atoms with Crippen LogP contribution >= 0.6 is 0 Å². The van der Waals surface area contributed by atoms with Crippen LogP contribution in [0.15, 0.2) is 30.3 Å². The van der Waals surface area contributed by atoms with Crippen LogP contribution in [0.5, 0.6) is 0 Å². The Morgan fingerprint density at radius 1 is 1.06 bits per heavy atom. The zero-order valence-electron chi connectivity index (χ0n) is 18.1. The molecule has 2 heterocycles. The number of amides is 2. The van der Waals surface area contributed by atoms with Crippen LogP contribution in [-0.2, 0) is 25.5 Å². The number of hydrogen-bond donors (Lipinski definition) is 2. The highest BCUT2D eigenvalue weighted by Crippen LogP contribution is 2.28. The summed E-state index contributed by atoms with van der Waals surface area (Å²) in [7, 11) is 0. The summed E-state index contributed by atoms with van der Waals surface area (Å²) >= 11 is 0. The van der Waals surface area contributed by atoms with Crippen molar-refractivity contribution in [2.24, 2.45) is 0 Å². The van der Waals surface area contributed by atoms with E-state index in [-0.39, 0.29) is 43.2 Å². The van der Waals surface area contributed by atoms with Crippen LogP contribution in [0.3, 0.4) is 0 Å². The normalized spacial score (nSPS) is 29.6. The summed E-state index contributed by atoms with van der Waals surface area (Å²) in [6, 6.07) is 9.81. The molecule has 0 aromatic heterocycles. The second-order valence-electron chi connectivity index (χ2n) is 9.09. The van der Waals surface area contributed by atoms with E-state index in [0.29, 0.717) is 31.9 Å². The van der Waals surface area contributed by atoms with Gasteiger partial charge in [0, 0.05) is 12.6 Å². The van der Waals surface area contributed by atoms with E-state index >= 15 is 0 Å². The van der Waals surface area contributed by atoms with Gasteiger partial charge < -0.3 is 24.8 Å². The van der Waals surface area contributed by atoms with Crippen LogP contribution in [-0.4, -0.2) is 72.0 Å². The molecule has 0 spiro atoms. The molecular weight excluding hydrogens is 396 g/mol. The lowest BCUT2D eigenvalue weighted by molar-refractivity contribution is -0.169. The second kappa shape index (κ2) is 10.6. The van der Waals surface area contributed by atoms with Gasteiger partial charge in [-0.3, -0.25) is 9.59 Å². The maximum atomic E-state index is 13.1. The molecule has 1 aromatic carbocycles. The first-order chi connectivity index (χ1) is 15.1. The number of aliphatic hydroxyl groups excluding tert-OH is 1. The number of nitrogens with one attached hydrogen (secondary N) is 1. The van der Waals surface area contributed by atoms with Crippen molar-refractivity contribution < 1.29 is 24.2 Å². The average molecular weight is 431 g/mol. The monoisotopic (exact) mass is 430 g/mol. The SMILES string of the molecule is O=C(C[C@@H]1CC[C@@H]2[C@H](COC[C@H](O)CN2C(=O)Cc2ccccc2)O1)NC1CCCC1. The van der Waals surface area contributed by atoms with Crippen molar-refractivity contribution in [3.8, 4) is 0 Å². The fourth-order valence-electron chi connectivity index (χ4n) is 5.06. The maximum Gasteiger partial charge on any atom is 0.227 e. The van der Waals surface area contributed by atoms with E-state index in [1.165, 1.54) is 12.8 Å². The van der Waals surface area contributed by atoms with Gasteiger partial charge in [-0.15, -0.1) is 0 Å². The summed E-state index contributed by atoms with van der Waals surface area (Å²) in [5.74, 6) is 0.0396. The number of rotatable bonds is 5. The lowest BCUT2D eigenvalue weighted by Gasteiger charge is -2.44. The van der Waals surface area contributed by atoms with Crippen molar-refractivity contribution in [2.75, 3.05) is 19.8 Å². The Labute approximate surface area is 184 Å². The van der Waals surface area contributed by atoms with Gasteiger partial charge in [-0.1, -0.05) is 43.2 Å². The molecule has 7 nitrogen and oxygen atoms in total. The average Bonchev–Trinajstić information content (AvgIpc) is 3.25. The van der Waals surface area contributed by atoms with Gasteiger partial charge in [-0.25, -0.2) is 0 Å². The number of aliphatic hydroxyl groups is 1. The minimum absolute atomic E-state index is 0.0109. The molecule has 4 atom stereocenters. The summed E-state index contributed by atoms with van der Waals surface area (Å²) in [6.45, 7) is 0.731. The minimum atomic E-state index is -0.712. The molecule has 1 aliphatic carbocycles. The number of nitrogens with zero attached hydrogens (tertiary/aromatic N) is 1. The maximum absolute atomic E-state index is 13.1. The van der Waals surface area contributed by atoms with Crippen LogP contribution < -0.4 is 5.32 Å². The molecule has 1 aromatic rings. The molecule has 2 amide bonds. The third-order valence-corrected chi connectivity index (χ3v) is 6.63. The Hall–Kier alpha value is -1.96. The lowest BCUT2D eigenvalue weighted by Crippen LogP contribution is -2.58. The Kier molecular flexibility index (Phi) is 7.58. The van der Waals surface area contributed by atoms with E-state index in [2.05, 4.69) is 5.32 Å². The second-order valence-corrected chi connectivity index (χ2v) is 9.09. The number of β-amino-alcohol motifs (C(OH)–C–C–N with tert-alkyl or cyclic N) is 1. The molecule has 2 saturated heterocycles. The van der Waals surface area contributed by atoms with Crippen LogP contribution in [0, 0.1) is 0 Å². The van der Waals surface area contributed by atoms with Crippen molar-refractivity contribution in [1.29, 1.82) is 0 Å². The molecular formula is C24H34N2O5. The largest absolute Gasteiger partial charge is 0.389 e. The summed E-state index contributed by atoms with van der Waals surface area (Å²) in [6.07, 6.45) is 5.43. The van der Waals surface area contributed by atoms with Gasteiger partial charge in [0.1, 0.15) is 6.10 Å². The molecule has 0 radical (unpaired) electrons. The van der Waals surface area contributed by atoms with Gasteiger partial charge in [-0.05, 0) is 31.2 Å². The highest BCUT2D eigenvalue weighted by Gasteiger charge is 2.40. The molecule has 3 aliphatic rings. The summed E-state index contributed by atoms with van der Waals surface area (Å²) in [5.41, 5.74) is 0.954. The Morgan fingerprint density at radius 3 is 2.61 bits per heavy atom. The van der Waals surface area contributed by atoms with E-state index in [1.807, 2.05) is 30.3 Å². The van der Waals surface area contributed by atoms with Gasteiger partial charge in [0.2, 0.25) is 11.8 Å². The molecule has 4 rings (SSSR count). The molecule has 2 N–H and O–H groups in total. The number of benzene rings is 1. The van der Waals surface area contributed by atoms with E-state index < -0.39 is 6.10 Å². The first kappa shape index (κ1) is 22.2. The molecule has 1 saturated carbocycles. The van der Waals surface area contributed by atoms with Crippen molar-refractivity contribution in [1.82, 2.24) is 10.2 Å². The van der Waals surface area contributed by atoms with Crippen LogP contribution in [0.2, 0.25) is 0 Å². The third kappa shape index (κ3) is 6.05. The van der Waals surface area contributed by atoms with Crippen molar-refractivity contribution in [3.05, 3.63) is 35.9 Å². The zero-order valence-corrected chi connectivity index (χ0v) is 18.1. The smallest absolute Gasteiger partial charge is 0.227 e. The summed E-state index contributed by atoms with van der Waals surface area (Å²) in [5, 5.41) is 13.4. The first-order valence-electron chi connectivity index (χ1n) is 11.6. The molecule has 2 aliphatic heterocycles. The van der Waals surface area contributed by atoms with Crippen LogP contribution in [0.25, 0.3) is 0 Å². The number of fused-ring (bicyclic) bond motifs is 1. The fraction of sp³-hybridized carbons (Fsp3) is 0.667. The van der Waals surface area contributed by atoms with Gasteiger partial charge in [0.15, 0.2) is 0 Å². The van der Waals surface area contributed by atoms with E-state index in [1.54, 1.807) is 4.90 Å². The van der Waals surface area contributed by atoms with E-state index in [4.69, 9.17) is 9.47 Å². The topological polar surface area (TPSA) is 88.1 Å². The molecule has 3 fully saturated rings. The summed E-state index contributed by atoms with van der Waals surface area (Å²) < 4.78 is 11.9. The molecule has 7 heteroatoms. The Bertz CT molecular complexity index is 737. The Balaban J connectivity index is 1.38. The van der Waals surface area contributed by atoms with Crippen molar-refractivity contribution in [3.63, 3.8) is 0 Å². The molecule has 170 valence electrons. The van der Waals surface area contributed by atoms with Crippen molar-refractivity contribution in [2.45, 2.75) is 81.8 Å². The van der Waals surface area contributed by atoms with Crippen molar-refractivity contribution >= 4 is 11.8 Å². The standard InChI is InChI=1S/C24H34N2O5/c27-19-14-26(24(29)12-17-6-2-1-3-7-17)21-11-10-20(31-22(21)16-30-15-19)13-23(28)25-18-8-4-5-9-18/h1-3,6-7,18-22,27H,4-5,8-16H2,(H,25,28)/t19-,20+,21-,22+/m1/s1. The lowest BCUT2D eigenvalue weighted by atomic mass is 9.94. The number of carbonyl (C=O) groups excluding carboxylic acids is 2. The first-order valence-corrected chi connectivity index (χ1v) is 11.6. The quantitative estimate of drug-likeness (QED) is 0.744. The van der Waals surface area contributed by atoms with Gasteiger partial charge >= 0.3 is 0 Å². The number of hydrogen-bond acceptors (Lipinski definition) is 5. The number of carbonyl (C=O) groups is 2. The minimum Gasteiger partial charge on any atom is -0.389 e. The van der Waals surface area contributed by atoms with Gasteiger partial charge in [-0.2, -0.15) is 0 Å².